The molecule has 0 N–H and O–H groups in total. The first-order valence-electron chi connectivity index (χ1n) is 5.32. The molecule has 1 aromatic carbocycles. The van der Waals surface area contributed by atoms with Crippen molar-refractivity contribution in [2.45, 2.75) is 19.9 Å². The second kappa shape index (κ2) is 6.08. The van der Waals surface area contributed by atoms with Crippen LogP contribution in [-0.2, 0) is 4.43 Å². The van der Waals surface area contributed by atoms with Gasteiger partial charge in [-0.25, -0.2) is 0 Å². The van der Waals surface area contributed by atoms with Gasteiger partial charge in [-0.3, -0.25) is 0 Å². The number of benzene rings is 1. The first-order chi connectivity index (χ1) is 7.61. The van der Waals surface area contributed by atoms with Crippen molar-refractivity contribution in [3.63, 3.8) is 0 Å². The van der Waals surface area contributed by atoms with E-state index in [0.29, 0.717) is 17.4 Å². The Kier molecular flexibility index (Phi) is 5.05. The van der Waals surface area contributed by atoms with Crippen LogP contribution in [0.25, 0.3) is 0 Å². The van der Waals surface area contributed by atoms with E-state index in [0.717, 1.165) is 6.42 Å². The fraction of sp³-hybridized carbons (Fsp3) is 0.333. The van der Waals surface area contributed by atoms with Crippen molar-refractivity contribution in [3.05, 3.63) is 41.6 Å². The molecular weight excluding hydrogens is 240 g/mol. The largest absolute Gasteiger partial charge is 0.516 e. The van der Waals surface area contributed by atoms with Crippen molar-refractivity contribution < 1.29 is 8.85 Å². The third-order valence-electron chi connectivity index (χ3n) is 2.11. The van der Waals surface area contributed by atoms with E-state index in [1.165, 1.54) is 0 Å². The van der Waals surface area contributed by atoms with Gasteiger partial charge in [0, 0.05) is 6.61 Å². The molecule has 0 saturated carbocycles. The van der Waals surface area contributed by atoms with Crippen LogP contribution in [0.3, 0.4) is 0 Å². The molecule has 0 bridgehead atoms. The Bertz CT molecular complexity index is 357. The molecule has 0 spiro atoms. The molecule has 88 valence electrons. The predicted molar refractivity (Wildman–Crippen MR) is 70.1 cm³/mol. The summed E-state index contributed by atoms with van der Waals surface area (Å²) in [6.07, 6.45) is 0.961. The summed E-state index contributed by atoms with van der Waals surface area (Å²) in [4.78, 5) is 0. The lowest BCUT2D eigenvalue weighted by atomic mass is 10.3. The molecule has 2 nitrogen and oxygen atoms in total. The fourth-order valence-electron chi connectivity index (χ4n) is 1.18. The molecule has 4 heteroatoms. The van der Waals surface area contributed by atoms with E-state index in [2.05, 4.69) is 13.5 Å². The highest BCUT2D eigenvalue weighted by Gasteiger charge is 2.30. The molecule has 1 aromatic rings. The quantitative estimate of drug-likeness (QED) is 0.718. The van der Waals surface area contributed by atoms with E-state index in [1.54, 1.807) is 11.8 Å². The van der Waals surface area contributed by atoms with Gasteiger partial charge in [0.2, 0.25) is 0 Å². The number of para-hydroxylation sites is 1. The van der Waals surface area contributed by atoms with Crippen molar-refractivity contribution in [2.75, 3.05) is 6.61 Å². The molecular formula is C12H17ClO2Si. The topological polar surface area (TPSA) is 18.5 Å². The van der Waals surface area contributed by atoms with Gasteiger partial charge in [-0.05, 0) is 30.8 Å². The molecule has 0 saturated heterocycles. The number of hydrogen-bond donors (Lipinski definition) is 0. The van der Waals surface area contributed by atoms with Gasteiger partial charge in [0.15, 0.2) is 0 Å². The zero-order valence-corrected chi connectivity index (χ0v) is 11.5. The molecule has 0 aliphatic heterocycles. The van der Waals surface area contributed by atoms with E-state index in [9.17, 15) is 0 Å². The molecule has 0 aromatic heterocycles. The molecule has 0 aliphatic rings. The second-order valence-electron chi connectivity index (χ2n) is 3.60. The molecule has 16 heavy (non-hydrogen) atoms. The lowest BCUT2D eigenvalue weighted by Crippen LogP contribution is -2.40. The highest BCUT2D eigenvalue weighted by atomic mass is 35.5. The summed E-state index contributed by atoms with van der Waals surface area (Å²) < 4.78 is 11.6. The maximum Gasteiger partial charge on any atom is 0.422 e. The molecule has 1 rings (SSSR count). The summed E-state index contributed by atoms with van der Waals surface area (Å²) >= 11 is 6.03. The van der Waals surface area contributed by atoms with Gasteiger partial charge in [0.05, 0.1) is 5.02 Å². The van der Waals surface area contributed by atoms with Gasteiger partial charge in [0.1, 0.15) is 5.75 Å². The van der Waals surface area contributed by atoms with Crippen LogP contribution in [0, 0.1) is 0 Å². The summed E-state index contributed by atoms with van der Waals surface area (Å²) in [7, 11) is -2.34. The Morgan fingerprint density at radius 2 is 2.12 bits per heavy atom. The zero-order valence-electron chi connectivity index (χ0n) is 9.70. The summed E-state index contributed by atoms with van der Waals surface area (Å²) in [6, 6.07) is 7.40. The van der Waals surface area contributed by atoms with Crippen molar-refractivity contribution in [3.8, 4) is 5.75 Å². The standard InChI is InChI=1S/C12H17ClO2Si/c1-4-10-14-16(3,5-2)15-12-9-7-6-8-11(12)13/h5-9H,2,4,10H2,1,3H3. The van der Waals surface area contributed by atoms with Crippen LogP contribution >= 0.6 is 11.6 Å². The van der Waals surface area contributed by atoms with E-state index >= 15 is 0 Å². The molecule has 0 aliphatic carbocycles. The van der Waals surface area contributed by atoms with Gasteiger partial charge in [-0.1, -0.05) is 30.7 Å². The number of hydrogen-bond acceptors (Lipinski definition) is 2. The van der Waals surface area contributed by atoms with Crippen molar-refractivity contribution in [1.82, 2.24) is 0 Å². The summed E-state index contributed by atoms with van der Waals surface area (Å²) in [6.45, 7) is 8.48. The second-order valence-corrected chi connectivity index (χ2v) is 6.94. The van der Waals surface area contributed by atoms with Crippen molar-refractivity contribution >= 4 is 20.2 Å². The van der Waals surface area contributed by atoms with Gasteiger partial charge in [-0.15, -0.1) is 6.58 Å². The zero-order chi connectivity index (χ0) is 12.0. The molecule has 0 radical (unpaired) electrons. The highest BCUT2D eigenvalue weighted by Crippen LogP contribution is 2.26. The molecule has 0 fully saturated rings. The molecule has 1 unspecified atom stereocenters. The Morgan fingerprint density at radius 3 is 2.69 bits per heavy atom. The lowest BCUT2D eigenvalue weighted by molar-refractivity contribution is 0.253. The Balaban J connectivity index is 2.76. The van der Waals surface area contributed by atoms with Crippen LogP contribution in [0.2, 0.25) is 11.6 Å². The highest BCUT2D eigenvalue weighted by molar-refractivity contribution is 6.72. The van der Waals surface area contributed by atoms with Crippen LogP contribution in [0.15, 0.2) is 36.5 Å². The third kappa shape index (κ3) is 3.67. The minimum Gasteiger partial charge on any atom is -0.516 e. The third-order valence-corrected chi connectivity index (χ3v) is 4.57. The minimum absolute atomic E-state index is 0.600. The molecule has 0 amide bonds. The monoisotopic (exact) mass is 256 g/mol. The smallest absolute Gasteiger partial charge is 0.422 e. The maximum absolute atomic E-state index is 6.03. The lowest BCUT2D eigenvalue weighted by Gasteiger charge is -2.24. The number of halogens is 1. The van der Waals surface area contributed by atoms with Gasteiger partial charge in [-0.2, -0.15) is 0 Å². The van der Waals surface area contributed by atoms with Gasteiger partial charge < -0.3 is 8.85 Å². The maximum atomic E-state index is 6.03. The van der Waals surface area contributed by atoms with E-state index in [1.807, 2.05) is 24.7 Å². The van der Waals surface area contributed by atoms with E-state index < -0.39 is 8.56 Å². The van der Waals surface area contributed by atoms with Crippen LogP contribution in [0.5, 0.6) is 5.75 Å². The first-order valence-corrected chi connectivity index (χ1v) is 8.09. The van der Waals surface area contributed by atoms with Crippen LogP contribution in [0.4, 0.5) is 0 Å². The fourth-order valence-corrected chi connectivity index (χ4v) is 2.90. The summed E-state index contributed by atoms with van der Waals surface area (Å²) in [5, 5.41) is 0.600. The van der Waals surface area contributed by atoms with E-state index in [-0.39, 0.29) is 0 Å². The van der Waals surface area contributed by atoms with Crippen molar-refractivity contribution in [2.24, 2.45) is 0 Å². The summed E-state index contributed by atoms with van der Waals surface area (Å²) in [5.74, 6) is 0.661. The normalized spacial score (nSPS) is 14.2. The van der Waals surface area contributed by atoms with Gasteiger partial charge >= 0.3 is 8.56 Å². The van der Waals surface area contributed by atoms with Gasteiger partial charge in [0.25, 0.3) is 0 Å². The average molecular weight is 257 g/mol. The molecule has 1 atom stereocenters. The van der Waals surface area contributed by atoms with Crippen LogP contribution < -0.4 is 4.43 Å². The van der Waals surface area contributed by atoms with Crippen LogP contribution in [-0.4, -0.2) is 15.2 Å². The first kappa shape index (κ1) is 13.3. The Hall–Kier alpha value is -0.773. The van der Waals surface area contributed by atoms with Crippen LogP contribution in [0.1, 0.15) is 13.3 Å². The average Bonchev–Trinajstić information content (AvgIpc) is 2.30. The SMILES string of the molecule is C=C[Si](C)(OCCC)Oc1ccccc1Cl. The predicted octanol–water partition coefficient (Wildman–Crippen LogP) is 3.94. The number of rotatable bonds is 6. The Morgan fingerprint density at radius 1 is 1.44 bits per heavy atom. The van der Waals surface area contributed by atoms with Crippen molar-refractivity contribution in [1.29, 1.82) is 0 Å². The summed E-state index contributed by atoms with van der Waals surface area (Å²) in [5.41, 5.74) is 1.77. The minimum atomic E-state index is -2.34. The Labute approximate surface area is 103 Å². The van der Waals surface area contributed by atoms with E-state index in [4.69, 9.17) is 20.5 Å². The molecule has 0 heterocycles.